The zero-order valence-corrected chi connectivity index (χ0v) is 10.8. The molecule has 0 atom stereocenters. The molecular weight excluding hydrogens is 252 g/mol. The molecule has 0 aliphatic carbocycles. The Morgan fingerprint density at radius 3 is 2.63 bits per heavy atom. The van der Waals surface area contributed by atoms with Crippen LogP contribution >= 0.6 is 0 Å². The van der Waals surface area contributed by atoms with Gasteiger partial charge in [-0.1, -0.05) is 6.07 Å². The van der Waals surface area contributed by atoms with Gasteiger partial charge in [-0.25, -0.2) is 13.6 Å². The minimum absolute atomic E-state index is 0.0915. The van der Waals surface area contributed by atoms with E-state index in [1.807, 2.05) is 0 Å². The molecule has 19 heavy (non-hydrogen) atoms. The summed E-state index contributed by atoms with van der Waals surface area (Å²) in [6.45, 7) is 3.16. The highest BCUT2D eigenvalue weighted by Gasteiger charge is 2.20. The fourth-order valence-corrected chi connectivity index (χ4v) is 2.08. The maximum Gasteiger partial charge on any atom is 0.320 e. The van der Waals surface area contributed by atoms with Crippen LogP contribution in [0, 0.1) is 11.6 Å². The van der Waals surface area contributed by atoms with Crippen LogP contribution in [0.25, 0.3) is 0 Å². The Bertz CT molecular complexity index is 461. The van der Waals surface area contributed by atoms with Crippen LogP contribution < -0.4 is 5.32 Å². The van der Waals surface area contributed by atoms with Gasteiger partial charge >= 0.3 is 6.03 Å². The topological polar surface area (TPSA) is 35.6 Å². The molecule has 1 N–H and O–H groups in total. The molecule has 6 heteroatoms. The molecule has 1 aliphatic rings. The fourth-order valence-electron chi connectivity index (χ4n) is 2.08. The molecular formula is C13H17F2N3O. The molecule has 1 aromatic carbocycles. The Morgan fingerprint density at radius 2 is 2.00 bits per heavy atom. The van der Waals surface area contributed by atoms with E-state index >= 15 is 0 Å². The van der Waals surface area contributed by atoms with Gasteiger partial charge in [0.25, 0.3) is 0 Å². The van der Waals surface area contributed by atoms with Crippen molar-refractivity contribution in [1.29, 1.82) is 0 Å². The van der Waals surface area contributed by atoms with E-state index in [2.05, 4.69) is 5.32 Å². The minimum atomic E-state index is -0.888. The third-order valence-electron chi connectivity index (χ3n) is 3.12. The molecule has 4 nitrogen and oxygen atoms in total. The monoisotopic (exact) mass is 269 g/mol. The summed E-state index contributed by atoms with van der Waals surface area (Å²) in [7, 11) is 1.66. The van der Waals surface area contributed by atoms with Gasteiger partial charge in [0, 0.05) is 39.8 Å². The van der Waals surface area contributed by atoms with Gasteiger partial charge in [0.1, 0.15) is 0 Å². The molecule has 1 aromatic rings. The smallest absolute Gasteiger partial charge is 0.320 e. The highest BCUT2D eigenvalue weighted by atomic mass is 19.2. The van der Waals surface area contributed by atoms with E-state index in [1.165, 1.54) is 11.0 Å². The Hall–Kier alpha value is -1.69. The maximum atomic E-state index is 13.1. The lowest BCUT2D eigenvalue weighted by Gasteiger charge is -2.31. The third kappa shape index (κ3) is 3.41. The molecule has 2 amide bonds. The molecule has 104 valence electrons. The predicted octanol–water partition coefficient (Wildman–Crippen LogP) is 1.42. The number of piperazine rings is 1. The van der Waals surface area contributed by atoms with Gasteiger partial charge in [-0.3, -0.25) is 0 Å². The molecule has 0 unspecified atom stereocenters. The van der Waals surface area contributed by atoms with Crippen molar-refractivity contribution in [2.24, 2.45) is 0 Å². The van der Waals surface area contributed by atoms with E-state index in [4.69, 9.17) is 0 Å². The fraction of sp³-hybridized carbons (Fsp3) is 0.462. The third-order valence-corrected chi connectivity index (χ3v) is 3.12. The molecule has 0 saturated carbocycles. The van der Waals surface area contributed by atoms with Crippen LogP contribution in [-0.4, -0.2) is 49.1 Å². The second kappa shape index (κ2) is 5.97. The number of nitrogens with zero attached hydrogens (tertiary/aromatic N) is 2. The van der Waals surface area contributed by atoms with Crippen LogP contribution in [-0.2, 0) is 6.54 Å². The van der Waals surface area contributed by atoms with Crippen LogP contribution in [0.15, 0.2) is 18.2 Å². The highest BCUT2D eigenvalue weighted by molar-refractivity contribution is 5.74. The molecule has 1 saturated heterocycles. The minimum Gasteiger partial charge on any atom is -0.323 e. The van der Waals surface area contributed by atoms with Crippen LogP contribution in [0.1, 0.15) is 5.56 Å². The van der Waals surface area contributed by atoms with Gasteiger partial charge in [0.2, 0.25) is 0 Å². The number of benzene rings is 1. The lowest BCUT2D eigenvalue weighted by atomic mass is 10.2. The largest absolute Gasteiger partial charge is 0.323 e. The van der Waals surface area contributed by atoms with Crippen molar-refractivity contribution in [2.75, 3.05) is 33.2 Å². The summed E-state index contributed by atoms with van der Waals surface area (Å²) in [5, 5.41) is 3.17. The van der Waals surface area contributed by atoms with E-state index in [0.717, 1.165) is 25.2 Å². The van der Waals surface area contributed by atoms with Crippen molar-refractivity contribution >= 4 is 6.03 Å². The Morgan fingerprint density at radius 1 is 1.32 bits per heavy atom. The molecule has 0 spiro atoms. The number of rotatable bonds is 2. The first-order chi connectivity index (χ1) is 9.08. The number of carbonyl (C=O) groups is 1. The van der Waals surface area contributed by atoms with Crippen molar-refractivity contribution in [1.82, 2.24) is 15.1 Å². The summed E-state index contributed by atoms with van der Waals surface area (Å²) in [6.07, 6.45) is 0. The van der Waals surface area contributed by atoms with Crippen LogP contribution in [0.4, 0.5) is 13.6 Å². The first kappa shape index (κ1) is 13.7. The van der Waals surface area contributed by atoms with Crippen molar-refractivity contribution in [2.45, 2.75) is 6.54 Å². The number of nitrogens with one attached hydrogen (secondary N) is 1. The molecule has 0 bridgehead atoms. The summed E-state index contributed by atoms with van der Waals surface area (Å²) in [4.78, 5) is 15.4. The first-order valence-corrected chi connectivity index (χ1v) is 6.22. The van der Waals surface area contributed by atoms with Crippen LogP contribution in [0.5, 0.6) is 0 Å². The Balaban J connectivity index is 1.97. The summed E-state index contributed by atoms with van der Waals surface area (Å²) in [6, 6.07) is 3.59. The highest BCUT2D eigenvalue weighted by Crippen LogP contribution is 2.11. The average Bonchev–Trinajstić information content (AvgIpc) is 2.43. The predicted molar refractivity (Wildman–Crippen MR) is 67.7 cm³/mol. The lowest BCUT2D eigenvalue weighted by molar-refractivity contribution is 0.154. The van der Waals surface area contributed by atoms with Crippen molar-refractivity contribution in [3.63, 3.8) is 0 Å². The van der Waals surface area contributed by atoms with Gasteiger partial charge in [-0.15, -0.1) is 0 Å². The standard InChI is InChI=1S/C13H17F2N3O/c1-17(13(19)18-6-4-16-5-7-18)9-10-2-3-11(14)12(15)8-10/h2-3,8,16H,4-7,9H2,1H3. The number of urea groups is 1. The Labute approximate surface area is 111 Å². The van der Waals surface area contributed by atoms with Crippen molar-refractivity contribution in [3.05, 3.63) is 35.4 Å². The van der Waals surface area contributed by atoms with Gasteiger partial charge in [0.05, 0.1) is 0 Å². The second-order valence-corrected chi connectivity index (χ2v) is 4.62. The van der Waals surface area contributed by atoms with E-state index in [9.17, 15) is 13.6 Å². The van der Waals surface area contributed by atoms with Crippen LogP contribution in [0.3, 0.4) is 0 Å². The van der Waals surface area contributed by atoms with Crippen molar-refractivity contribution < 1.29 is 13.6 Å². The quantitative estimate of drug-likeness (QED) is 0.881. The van der Waals surface area contributed by atoms with E-state index in [-0.39, 0.29) is 12.6 Å². The Kier molecular flexibility index (Phi) is 4.31. The number of halogens is 2. The van der Waals surface area contributed by atoms with E-state index in [1.54, 1.807) is 11.9 Å². The number of carbonyl (C=O) groups excluding carboxylic acids is 1. The SMILES string of the molecule is CN(Cc1ccc(F)c(F)c1)C(=O)N1CCNCC1. The summed E-state index contributed by atoms with van der Waals surface area (Å²) in [5.41, 5.74) is 0.574. The molecule has 2 rings (SSSR count). The lowest BCUT2D eigenvalue weighted by Crippen LogP contribution is -2.50. The second-order valence-electron chi connectivity index (χ2n) is 4.62. The number of amides is 2. The van der Waals surface area contributed by atoms with Gasteiger partial charge in [-0.2, -0.15) is 0 Å². The van der Waals surface area contributed by atoms with E-state index < -0.39 is 11.6 Å². The van der Waals surface area contributed by atoms with Gasteiger partial charge < -0.3 is 15.1 Å². The zero-order valence-electron chi connectivity index (χ0n) is 10.8. The zero-order chi connectivity index (χ0) is 13.8. The van der Waals surface area contributed by atoms with Gasteiger partial charge in [0.15, 0.2) is 11.6 Å². The molecule has 0 aromatic heterocycles. The number of hydrogen-bond donors (Lipinski definition) is 1. The molecule has 1 fully saturated rings. The molecule has 1 aliphatic heterocycles. The van der Waals surface area contributed by atoms with Crippen LogP contribution in [0.2, 0.25) is 0 Å². The molecule has 0 radical (unpaired) electrons. The van der Waals surface area contributed by atoms with Crippen molar-refractivity contribution in [3.8, 4) is 0 Å². The maximum absolute atomic E-state index is 13.1. The molecule has 1 heterocycles. The van der Waals surface area contributed by atoms with E-state index in [0.29, 0.717) is 18.7 Å². The number of hydrogen-bond acceptors (Lipinski definition) is 2. The normalized spacial score (nSPS) is 15.4. The average molecular weight is 269 g/mol. The summed E-state index contributed by atoms with van der Waals surface area (Å²) in [5.74, 6) is -1.76. The first-order valence-electron chi connectivity index (χ1n) is 6.22. The van der Waals surface area contributed by atoms with Gasteiger partial charge in [-0.05, 0) is 17.7 Å². The summed E-state index contributed by atoms with van der Waals surface area (Å²) >= 11 is 0. The summed E-state index contributed by atoms with van der Waals surface area (Å²) < 4.78 is 25.9.